The summed E-state index contributed by atoms with van der Waals surface area (Å²) in [5.74, 6) is 1.72. The Morgan fingerprint density at radius 2 is 1.82 bits per heavy atom. The maximum absolute atomic E-state index is 4.58. The minimum absolute atomic E-state index is 0.732. The lowest BCUT2D eigenvalue weighted by Gasteiger charge is -2.41. The smallest absolute Gasteiger partial charge is 0.136 e. The van der Waals surface area contributed by atoms with Crippen molar-refractivity contribution in [3.05, 3.63) is 78.5 Å². The fourth-order valence-electron chi connectivity index (χ4n) is 5.82. The molecule has 2 fully saturated rings. The molecule has 4 heterocycles. The maximum atomic E-state index is 4.58. The fraction of sp³-hybridized carbons (Fsp3) is 0.500. The largest absolute Gasteiger partial charge is 0.304 e. The number of hydrogen-bond acceptors (Lipinski definition) is 4. The van der Waals surface area contributed by atoms with Crippen LogP contribution in [0, 0.1) is 5.92 Å². The van der Waals surface area contributed by atoms with Gasteiger partial charge in [-0.3, -0.25) is 9.88 Å². The zero-order valence-corrected chi connectivity index (χ0v) is 19.7. The predicted molar refractivity (Wildman–Crippen MR) is 133 cm³/mol. The molecule has 5 nitrogen and oxygen atoms in total. The number of hydrogen-bond donors (Lipinski definition) is 0. The molecule has 1 aliphatic carbocycles. The van der Waals surface area contributed by atoms with Gasteiger partial charge in [0.15, 0.2) is 0 Å². The number of aromatic nitrogens is 3. The van der Waals surface area contributed by atoms with E-state index in [2.05, 4.69) is 66.9 Å². The van der Waals surface area contributed by atoms with Crippen LogP contribution in [0.5, 0.6) is 0 Å². The number of likely N-dealkylation sites (tertiary alicyclic amines) is 1. The lowest BCUT2D eigenvalue weighted by Crippen LogP contribution is -2.46. The van der Waals surface area contributed by atoms with Crippen LogP contribution in [0.2, 0.25) is 0 Å². The first-order valence-corrected chi connectivity index (χ1v) is 12.8. The molecule has 0 spiro atoms. The zero-order chi connectivity index (χ0) is 22.3. The highest BCUT2D eigenvalue weighted by molar-refractivity contribution is 5.27. The Morgan fingerprint density at radius 3 is 2.64 bits per heavy atom. The van der Waals surface area contributed by atoms with Crippen LogP contribution in [0.15, 0.2) is 67.3 Å². The molecule has 1 unspecified atom stereocenters. The van der Waals surface area contributed by atoms with Gasteiger partial charge in [-0.05, 0) is 74.0 Å². The summed E-state index contributed by atoms with van der Waals surface area (Å²) in [4.78, 5) is 14.4. The highest BCUT2D eigenvalue weighted by Gasteiger charge is 2.28. The third kappa shape index (κ3) is 5.90. The second-order valence-electron chi connectivity index (χ2n) is 9.88. The van der Waals surface area contributed by atoms with E-state index in [0.29, 0.717) is 0 Å². The van der Waals surface area contributed by atoms with Crippen LogP contribution in [0.4, 0.5) is 0 Å². The molecule has 5 heteroatoms. The molecule has 1 atom stereocenters. The first-order chi connectivity index (χ1) is 16.3. The highest BCUT2D eigenvalue weighted by atomic mass is 15.2. The van der Waals surface area contributed by atoms with E-state index < -0.39 is 0 Å². The van der Waals surface area contributed by atoms with Crippen LogP contribution in [-0.4, -0.2) is 50.0 Å². The molecular weight excluding hydrogens is 406 g/mol. The molecule has 0 aromatic carbocycles. The Balaban J connectivity index is 1.31. The van der Waals surface area contributed by atoms with Crippen LogP contribution in [0.1, 0.15) is 56.2 Å². The first-order valence-electron chi connectivity index (χ1n) is 12.8. The third-order valence-corrected chi connectivity index (χ3v) is 7.40. The Morgan fingerprint density at radius 1 is 0.879 bits per heavy atom. The van der Waals surface area contributed by atoms with Gasteiger partial charge in [0.1, 0.15) is 5.82 Å². The summed E-state index contributed by atoms with van der Waals surface area (Å²) < 4.78 is 2.23. The molecule has 5 rings (SSSR count). The monoisotopic (exact) mass is 443 g/mol. The Kier molecular flexibility index (Phi) is 7.49. The van der Waals surface area contributed by atoms with Gasteiger partial charge in [0, 0.05) is 62.7 Å². The van der Waals surface area contributed by atoms with E-state index in [1.165, 1.54) is 69.3 Å². The van der Waals surface area contributed by atoms with Gasteiger partial charge in [-0.15, -0.1) is 0 Å². The van der Waals surface area contributed by atoms with E-state index in [9.17, 15) is 0 Å². The summed E-state index contributed by atoms with van der Waals surface area (Å²) in [6.07, 6.45) is 17.6. The molecule has 0 radical (unpaired) electrons. The van der Waals surface area contributed by atoms with E-state index >= 15 is 0 Å². The summed E-state index contributed by atoms with van der Waals surface area (Å²) >= 11 is 0. The van der Waals surface area contributed by atoms with Crippen LogP contribution in [-0.2, 0) is 13.1 Å². The third-order valence-electron chi connectivity index (χ3n) is 7.40. The molecule has 1 saturated carbocycles. The first kappa shape index (κ1) is 22.3. The summed E-state index contributed by atoms with van der Waals surface area (Å²) in [6.45, 7) is 5.53. The van der Waals surface area contributed by atoms with Crippen molar-refractivity contribution in [3.63, 3.8) is 0 Å². The van der Waals surface area contributed by atoms with Crippen LogP contribution >= 0.6 is 0 Å². The molecule has 0 amide bonds. The van der Waals surface area contributed by atoms with Crippen molar-refractivity contribution in [3.8, 4) is 5.82 Å². The van der Waals surface area contributed by atoms with Crippen LogP contribution < -0.4 is 0 Å². The van der Waals surface area contributed by atoms with Crippen LogP contribution in [0.3, 0.4) is 0 Å². The summed E-state index contributed by atoms with van der Waals surface area (Å²) in [5, 5.41) is 0. The number of pyridine rings is 2. The fourth-order valence-corrected chi connectivity index (χ4v) is 5.82. The highest BCUT2D eigenvalue weighted by Crippen LogP contribution is 2.28. The van der Waals surface area contributed by atoms with Crippen molar-refractivity contribution in [1.29, 1.82) is 0 Å². The molecule has 1 saturated heterocycles. The van der Waals surface area contributed by atoms with Crippen molar-refractivity contribution in [1.82, 2.24) is 24.3 Å². The van der Waals surface area contributed by atoms with E-state index in [4.69, 9.17) is 0 Å². The quantitative estimate of drug-likeness (QED) is 0.473. The van der Waals surface area contributed by atoms with Crippen molar-refractivity contribution in [2.75, 3.05) is 19.6 Å². The van der Waals surface area contributed by atoms with Crippen molar-refractivity contribution < 1.29 is 0 Å². The van der Waals surface area contributed by atoms with E-state index in [1.54, 1.807) is 0 Å². The molecular formula is C28H37N5. The molecule has 1 aliphatic heterocycles. The summed E-state index contributed by atoms with van der Waals surface area (Å²) in [7, 11) is 0. The SMILES string of the molecule is c1ccc(-n2cccc2CN(Cc2cccnc2)CC2CCCN(C3CCCCC3)C2)nc1. The molecule has 0 N–H and O–H groups in total. The van der Waals surface area contributed by atoms with E-state index in [1.807, 2.05) is 24.7 Å². The van der Waals surface area contributed by atoms with E-state index in [-0.39, 0.29) is 0 Å². The molecule has 0 bridgehead atoms. The number of nitrogens with zero attached hydrogens (tertiary/aromatic N) is 5. The van der Waals surface area contributed by atoms with Gasteiger partial charge in [-0.25, -0.2) is 4.98 Å². The topological polar surface area (TPSA) is 37.2 Å². The zero-order valence-electron chi connectivity index (χ0n) is 19.7. The molecule has 3 aromatic heterocycles. The maximum Gasteiger partial charge on any atom is 0.136 e. The summed E-state index contributed by atoms with van der Waals surface area (Å²) in [5.41, 5.74) is 2.57. The van der Waals surface area contributed by atoms with Crippen LogP contribution in [0.25, 0.3) is 5.82 Å². The Bertz CT molecular complexity index is 964. The normalized spacial score (nSPS) is 20.3. The Hall–Kier alpha value is -2.50. The minimum Gasteiger partial charge on any atom is -0.304 e. The molecule has 33 heavy (non-hydrogen) atoms. The van der Waals surface area contributed by atoms with Gasteiger partial charge < -0.3 is 9.47 Å². The predicted octanol–water partition coefficient (Wildman–Crippen LogP) is 5.31. The molecule has 174 valence electrons. The van der Waals surface area contributed by atoms with E-state index in [0.717, 1.165) is 37.4 Å². The second-order valence-corrected chi connectivity index (χ2v) is 9.88. The average Bonchev–Trinajstić information content (AvgIpc) is 3.34. The van der Waals surface area contributed by atoms with Crippen molar-refractivity contribution in [2.24, 2.45) is 5.92 Å². The van der Waals surface area contributed by atoms with Gasteiger partial charge in [0.25, 0.3) is 0 Å². The Labute approximate surface area is 198 Å². The van der Waals surface area contributed by atoms with Crippen molar-refractivity contribution in [2.45, 2.75) is 64.1 Å². The standard InChI is InChI=1S/C28H37N5/c1-2-11-26(12-3-1)32-17-7-10-25(22-32)21-31(20-24-9-6-15-29-19-24)23-27-13-8-18-33(27)28-14-4-5-16-30-28/h4-6,8-9,13-16,18-19,25-26H,1-3,7,10-12,17,20-23H2. The summed E-state index contributed by atoms with van der Waals surface area (Å²) in [6, 6.07) is 15.6. The molecule has 2 aliphatic rings. The van der Waals surface area contributed by atoms with Gasteiger partial charge in [0.05, 0.1) is 0 Å². The number of rotatable bonds is 8. The second kappa shape index (κ2) is 11.1. The van der Waals surface area contributed by atoms with Gasteiger partial charge in [-0.2, -0.15) is 0 Å². The lowest BCUT2D eigenvalue weighted by molar-refractivity contribution is 0.0767. The van der Waals surface area contributed by atoms with Crippen molar-refractivity contribution >= 4 is 0 Å². The van der Waals surface area contributed by atoms with Gasteiger partial charge in [-0.1, -0.05) is 31.4 Å². The lowest BCUT2D eigenvalue weighted by atomic mass is 9.90. The average molecular weight is 444 g/mol. The minimum atomic E-state index is 0.732. The number of piperidine rings is 1. The molecule has 3 aromatic rings. The van der Waals surface area contributed by atoms with Gasteiger partial charge in [0.2, 0.25) is 0 Å². The van der Waals surface area contributed by atoms with Gasteiger partial charge >= 0.3 is 0 Å².